The van der Waals surface area contributed by atoms with Gasteiger partial charge in [0.2, 0.25) is 0 Å². The van der Waals surface area contributed by atoms with Crippen LogP contribution in [0, 0.1) is 11.3 Å². The van der Waals surface area contributed by atoms with Gasteiger partial charge in [-0.1, -0.05) is 169 Å². The van der Waals surface area contributed by atoms with E-state index in [4.69, 9.17) is 9.97 Å². The zero-order valence-corrected chi connectivity index (χ0v) is 32.1. The Hall–Kier alpha value is -7.32. The summed E-state index contributed by atoms with van der Waals surface area (Å²) in [5.74, 6) is 0.695. The predicted molar refractivity (Wildman–Crippen MR) is 235 cm³/mol. The Morgan fingerprint density at radius 2 is 0.810 bits per heavy atom. The van der Waals surface area contributed by atoms with Gasteiger partial charge < -0.3 is 0 Å². The Bertz CT molecular complexity index is 2970. The molecule has 0 bridgehead atoms. The maximum absolute atomic E-state index is 9.49. The molecule has 1 aliphatic carbocycles. The number of nitriles is 1. The SMILES string of the molecule is N#Cc1ccc(-c2ccc3c(c2)C2(c4ccccc4Sc4ccccc42)c2cc(-c4ccc(-c5nc(-c6ccccc6)cc(-c6ccccc6)n5)cc4)ccc2-3)cc1. The standard InChI is InChI=1S/C54H33N3S/c55-34-35-19-21-36(22-20-35)41-27-29-43-44-30-28-42(32-48(44)54(47(43)31-41)45-15-7-9-17-51(45)58-52-18-10-8-16-46(52)54)37-23-25-40(26-24-37)53-56-49(38-11-3-1-4-12-38)33-50(57-53)39-13-5-2-6-14-39/h1-33H. The van der Waals surface area contributed by atoms with Gasteiger partial charge in [0.15, 0.2) is 5.82 Å². The van der Waals surface area contributed by atoms with Gasteiger partial charge in [0.1, 0.15) is 0 Å². The van der Waals surface area contributed by atoms with Crippen molar-refractivity contribution in [3.8, 4) is 73.4 Å². The molecule has 0 radical (unpaired) electrons. The molecular weight excluding hydrogens is 723 g/mol. The molecule has 1 spiro atoms. The fourth-order valence-electron chi connectivity index (χ4n) is 8.90. The van der Waals surface area contributed by atoms with Gasteiger partial charge in [-0.15, -0.1) is 0 Å². The summed E-state index contributed by atoms with van der Waals surface area (Å²) in [4.78, 5) is 12.7. The van der Waals surface area contributed by atoms with Crippen molar-refractivity contribution in [1.29, 1.82) is 5.26 Å². The zero-order chi connectivity index (χ0) is 38.6. The summed E-state index contributed by atoms with van der Waals surface area (Å²) < 4.78 is 0. The molecule has 2 heterocycles. The monoisotopic (exact) mass is 755 g/mol. The lowest BCUT2D eigenvalue weighted by molar-refractivity contribution is 0.723. The third-order valence-corrected chi connectivity index (χ3v) is 12.8. The molecular formula is C54H33N3S. The molecule has 0 atom stereocenters. The van der Waals surface area contributed by atoms with Crippen LogP contribution in [0.5, 0.6) is 0 Å². The fourth-order valence-corrected chi connectivity index (χ4v) is 10.1. The van der Waals surface area contributed by atoms with Crippen LogP contribution in [-0.2, 0) is 5.41 Å². The van der Waals surface area contributed by atoms with Gasteiger partial charge in [0.25, 0.3) is 0 Å². The third-order valence-electron chi connectivity index (χ3n) is 11.6. The molecule has 0 unspecified atom stereocenters. The minimum absolute atomic E-state index is 0.527. The maximum Gasteiger partial charge on any atom is 0.160 e. The minimum atomic E-state index is -0.527. The number of fused-ring (bicyclic) bond motifs is 9. The van der Waals surface area contributed by atoms with Crippen LogP contribution in [0.3, 0.4) is 0 Å². The topological polar surface area (TPSA) is 49.6 Å². The Balaban J connectivity index is 1.06. The molecule has 0 amide bonds. The second-order valence-corrected chi connectivity index (χ2v) is 15.9. The number of rotatable bonds is 5. The molecule has 0 saturated heterocycles. The van der Waals surface area contributed by atoms with E-state index in [0.29, 0.717) is 11.4 Å². The number of nitrogens with zero attached hydrogens (tertiary/aromatic N) is 3. The number of aromatic nitrogens is 2. The lowest BCUT2D eigenvalue weighted by atomic mass is 9.67. The van der Waals surface area contributed by atoms with Gasteiger partial charge in [-0.25, -0.2) is 9.97 Å². The molecule has 9 aromatic rings. The lowest BCUT2D eigenvalue weighted by Crippen LogP contribution is -2.32. The number of hydrogen-bond donors (Lipinski definition) is 0. The van der Waals surface area contributed by atoms with E-state index >= 15 is 0 Å². The first-order valence-electron chi connectivity index (χ1n) is 19.4. The second kappa shape index (κ2) is 13.7. The van der Waals surface area contributed by atoms with Crippen LogP contribution in [0.1, 0.15) is 27.8 Å². The first-order valence-corrected chi connectivity index (χ1v) is 20.3. The van der Waals surface area contributed by atoms with E-state index in [-0.39, 0.29) is 0 Å². The summed E-state index contributed by atoms with van der Waals surface area (Å²) >= 11 is 1.85. The lowest BCUT2D eigenvalue weighted by Gasteiger charge is -2.40. The van der Waals surface area contributed by atoms with Gasteiger partial charge in [-0.3, -0.25) is 0 Å². The second-order valence-electron chi connectivity index (χ2n) is 14.8. The van der Waals surface area contributed by atoms with Crippen molar-refractivity contribution in [2.45, 2.75) is 15.2 Å². The molecule has 11 rings (SSSR count). The third kappa shape index (κ3) is 5.44. The largest absolute Gasteiger partial charge is 0.228 e. The molecule has 270 valence electrons. The molecule has 1 aliphatic heterocycles. The van der Waals surface area contributed by atoms with E-state index in [2.05, 4.69) is 158 Å². The first-order chi connectivity index (χ1) is 28.7. The fraction of sp³-hybridized carbons (Fsp3) is 0.0185. The first kappa shape index (κ1) is 34.0. The predicted octanol–water partition coefficient (Wildman–Crippen LogP) is 13.5. The molecule has 0 fully saturated rings. The van der Waals surface area contributed by atoms with Crippen LogP contribution in [0.4, 0.5) is 0 Å². The van der Waals surface area contributed by atoms with Crippen molar-refractivity contribution >= 4 is 11.8 Å². The smallest absolute Gasteiger partial charge is 0.160 e. The minimum Gasteiger partial charge on any atom is -0.228 e. The van der Waals surface area contributed by atoms with Crippen LogP contribution >= 0.6 is 11.8 Å². The highest BCUT2D eigenvalue weighted by Crippen LogP contribution is 2.62. The van der Waals surface area contributed by atoms with Crippen LogP contribution in [0.25, 0.3) is 67.3 Å². The van der Waals surface area contributed by atoms with Gasteiger partial charge in [-0.05, 0) is 98.1 Å². The molecule has 58 heavy (non-hydrogen) atoms. The average molecular weight is 756 g/mol. The van der Waals surface area contributed by atoms with E-state index in [1.807, 2.05) is 60.3 Å². The maximum atomic E-state index is 9.49. The summed E-state index contributed by atoms with van der Waals surface area (Å²) in [6, 6.07) is 73.3. The van der Waals surface area contributed by atoms with E-state index in [0.717, 1.165) is 50.3 Å². The van der Waals surface area contributed by atoms with Crippen LogP contribution < -0.4 is 0 Å². The van der Waals surface area contributed by atoms with Gasteiger partial charge in [0, 0.05) is 26.5 Å². The van der Waals surface area contributed by atoms with Crippen LogP contribution in [0.2, 0.25) is 0 Å². The van der Waals surface area contributed by atoms with E-state index < -0.39 is 5.41 Å². The summed E-state index contributed by atoms with van der Waals surface area (Å²) in [7, 11) is 0. The van der Waals surface area contributed by atoms with Gasteiger partial charge in [-0.2, -0.15) is 5.26 Å². The van der Waals surface area contributed by atoms with E-state index in [1.165, 1.54) is 43.2 Å². The highest BCUT2D eigenvalue weighted by Gasteiger charge is 2.50. The van der Waals surface area contributed by atoms with Crippen LogP contribution in [0.15, 0.2) is 210 Å². The van der Waals surface area contributed by atoms with E-state index in [9.17, 15) is 5.26 Å². The highest BCUT2D eigenvalue weighted by atomic mass is 32.2. The van der Waals surface area contributed by atoms with E-state index in [1.54, 1.807) is 0 Å². The summed E-state index contributed by atoms with van der Waals surface area (Å²) in [5, 5.41) is 9.49. The van der Waals surface area contributed by atoms with Crippen molar-refractivity contribution in [2.75, 3.05) is 0 Å². The molecule has 3 nitrogen and oxygen atoms in total. The number of hydrogen-bond acceptors (Lipinski definition) is 4. The average Bonchev–Trinajstić information content (AvgIpc) is 3.58. The molecule has 0 saturated carbocycles. The van der Waals surface area contributed by atoms with Gasteiger partial charge in [0.05, 0.1) is 28.4 Å². The molecule has 8 aromatic carbocycles. The Morgan fingerprint density at radius 1 is 0.379 bits per heavy atom. The highest BCUT2D eigenvalue weighted by molar-refractivity contribution is 7.99. The normalized spacial score (nSPS) is 12.9. The quantitative estimate of drug-likeness (QED) is 0.175. The summed E-state index contributed by atoms with van der Waals surface area (Å²) in [6.45, 7) is 0. The Kier molecular flexibility index (Phi) is 8.03. The number of benzene rings is 8. The van der Waals surface area contributed by atoms with Crippen molar-refractivity contribution in [1.82, 2.24) is 9.97 Å². The zero-order valence-electron chi connectivity index (χ0n) is 31.3. The summed E-state index contributed by atoms with van der Waals surface area (Å²) in [6.07, 6.45) is 0. The van der Waals surface area contributed by atoms with Gasteiger partial charge >= 0.3 is 0 Å². The molecule has 4 heteroatoms. The van der Waals surface area contributed by atoms with Crippen molar-refractivity contribution in [2.24, 2.45) is 0 Å². The van der Waals surface area contributed by atoms with Crippen LogP contribution in [-0.4, -0.2) is 9.97 Å². The molecule has 2 aliphatic rings. The Morgan fingerprint density at radius 3 is 1.31 bits per heavy atom. The van der Waals surface area contributed by atoms with Crippen molar-refractivity contribution in [3.05, 3.63) is 228 Å². The summed E-state index contributed by atoms with van der Waals surface area (Å²) in [5.41, 5.74) is 17.2. The molecule has 0 N–H and O–H groups in total. The van der Waals surface area contributed by atoms with Crippen molar-refractivity contribution in [3.63, 3.8) is 0 Å². The van der Waals surface area contributed by atoms with Crippen molar-refractivity contribution < 1.29 is 0 Å². The molecule has 1 aromatic heterocycles. The Labute approximate surface area is 342 Å².